The van der Waals surface area contributed by atoms with E-state index >= 15 is 0 Å². The second-order valence-electron chi connectivity index (χ2n) is 5.85. The summed E-state index contributed by atoms with van der Waals surface area (Å²) in [5.41, 5.74) is 0.940. The van der Waals surface area contributed by atoms with Gasteiger partial charge in [-0.05, 0) is 6.92 Å². The summed E-state index contributed by atoms with van der Waals surface area (Å²) in [6.45, 7) is 5.12. The second-order valence-corrected chi connectivity index (χ2v) is 5.85. The van der Waals surface area contributed by atoms with Gasteiger partial charge in [-0.15, -0.1) is 0 Å². The maximum atomic E-state index is 11.8. The highest BCUT2D eigenvalue weighted by molar-refractivity contribution is 5.77. The van der Waals surface area contributed by atoms with Crippen molar-refractivity contribution in [2.45, 2.75) is 13.0 Å². The van der Waals surface area contributed by atoms with Gasteiger partial charge in [0.15, 0.2) is 0 Å². The van der Waals surface area contributed by atoms with Crippen molar-refractivity contribution in [3.05, 3.63) is 36.2 Å². The molecule has 2 heterocycles. The number of carbonyl (C=O) groups excluding carboxylic acids is 1. The van der Waals surface area contributed by atoms with E-state index in [1.165, 1.54) is 7.11 Å². The van der Waals surface area contributed by atoms with Gasteiger partial charge in [0, 0.05) is 38.9 Å². The van der Waals surface area contributed by atoms with Gasteiger partial charge in [-0.2, -0.15) is 4.98 Å². The lowest BCUT2D eigenvalue weighted by Gasteiger charge is -2.36. The molecule has 0 saturated carbocycles. The molecule has 1 aromatic carbocycles. The maximum Gasteiger partial charge on any atom is 0.248 e. The largest absolute Gasteiger partial charge is 0.375 e. The van der Waals surface area contributed by atoms with Crippen molar-refractivity contribution in [2.24, 2.45) is 0 Å². The molecule has 1 saturated heterocycles. The normalized spacial score (nSPS) is 17.0. The molecule has 128 valence electrons. The third-order valence-corrected chi connectivity index (χ3v) is 4.31. The van der Waals surface area contributed by atoms with Gasteiger partial charge < -0.3 is 14.2 Å². The fourth-order valence-electron chi connectivity index (χ4n) is 2.84. The van der Waals surface area contributed by atoms with Crippen molar-refractivity contribution in [1.29, 1.82) is 0 Å². The van der Waals surface area contributed by atoms with Crippen LogP contribution in [0, 0.1) is 0 Å². The number of amides is 1. The van der Waals surface area contributed by atoms with Gasteiger partial charge in [0.1, 0.15) is 6.61 Å². The molecule has 1 aliphatic rings. The van der Waals surface area contributed by atoms with Gasteiger partial charge in [-0.3, -0.25) is 9.69 Å². The molecule has 3 rings (SSSR count). The minimum atomic E-state index is 0.0228. The van der Waals surface area contributed by atoms with E-state index in [1.54, 1.807) is 0 Å². The van der Waals surface area contributed by atoms with Gasteiger partial charge in [-0.25, -0.2) is 0 Å². The Hall–Kier alpha value is -2.25. The number of nitrogens with zero attached hydrogens (tertiary/aromatic N) is 4. The predicted octanol–water partition coefficient (Wildman–Crippen LogP) is 1.59. The highest BCUT2D eigenvalue weighted by Gasteiger charge is 2.27. The van der Waals surface area contributed by atoms with Gasteiger partial charge in [0.25, 0.3) is 0 Å². The first-order chi connectivity index (χ1) is 11.7. The number of rotatable bonds is 5. The van der Waals surface area contributed by atoms with E-state index in [4.69, 9.17) is 9.26 Å². The number of hydrogen-bond donors (Lipinski definition) is 0. The predicted molar refractivity (Wildman–Crippen MR) is 88.2 cm³/mol. The highest BCUT2D eigenvalue weighted by atomic mass is 16.5. The molecule has 2 aromatic rings. The lowest BCUT2D eigenvalue weighted by Crippen LogP contribution is -2.50. The van der Waals surface area contributed by atoms with Crippen LogP contribution in [-0.4, -0.2) is 65.7 Å². The van der Waals surface area contributed by atoms with Crippen molar-refractivity contribution < 1.29 is 14.1 Å². The lowest BCUT2D eigenvalue weighted by molar-refractivity contribution is -0.137. The van der Waals surface area contributed by atoms with Gasteiger partial charge in [0.2, 0.25) is 17.6 Å². The summed E-state index contributed by atoms with van der Waals surface area (Å²) in [7, 11) is 1.54. The Morgan fingerprint density at radius 3 is 2.62 bits per heavy atom. The topological polar surface area (TPSA) is 71.7 Å². The van der Waals surface area contributed by atoms with E-state index in [0.29, 0.717) is 24.8 Å². The summed E-state index contributed by atoms with van der Waals surface area (Å²) < 4.78 is 10.4. The molecule has 1 fully saturated rings. The monoisotopic (exact) mass is 330 g/mol. The minimum Gasteiger partial charge on any atom is -0.375 e. The van der Waals surface area contributed by atoms with Crippen LogP contribution >= 0.6 is 0 Å². The van der Waals surface area contributed by atoms with E-state index < -0.39 is 0 Å². The van der Waals surface area contributed by atoms with E-state index in [1.807, 2.05) is 35.2 Å². The zero-order chi connectivity index (χ0) is 16.9. The van der Waals surface area contributed by atoms with Crippen LogP contribution in [-0.2, 0) is 9.53 Å². The first-order valence-electron chi connectivity index (χ1n) is 8.09. The fourth-order valence-corrected chi connectivity index (χ4v) is 2.84. The Balaban J connectivity index is 1.61. The van der Waals surface area contributed by atoms with Crippen LogP contribution in [0.4, 0.5) is 0 Å². The molecule has 1 atom stereocenters. The number of ether oxygens (including phenoxy) is 1. The molecule has 7 nitrogen and oxygen atoms in total. The molecule has 24 heavy (non-hydrogen) atoms. The van der Waals surface area contributed by atoms with Crippen molar-refractivity contribution in [3.63, 3.8) is 0 Å². The Morgan fingerprint density at radius 2 is 1.96 bits per heavy atom. The van der Waals surface area contributed by atoms with Crippen LogP contribution in [0.5, 0.6) is 0 Å². The van der Waals surface area contributed by atoms with Crippen LogP contribution in [0.25, 0.3) is 11.4 Å². The van der Waals surface area contributed by atoms with Crippen molar-refractivity contribution in [1.82, 2.24) is 19.9 Å². The van der Waals surface area contributed by atoms with Gasteiger partial charge in [-0.1, -0.05) is 35.5 Å². The molecule has 0 aliphatic carbocycles. The highest BCUT2D eigenvalue weighted by Crippen LogP contribution is 2.23. The molecule has 7 heteroatoms. The Kier molecular flexibility index (Phi) is 5.22. The molecular weight excluding hydrogens is 308 g/mol. The van der Waals surface area contributed by atoms with Gasteiger partial charge in [0.05, 0.1) is 6.04 Å². The first kappa shape index (κ1) is 16.6. The zero-order valence-corrected chi connectivity index (χ0v) is 14.0. The average molecular weight is 330 g/mol. The first-order valence-corrected chi connectivity index (χ1v) is 8.09. The summed E-state index contributed by atoms with van der Waals surface area (Å²) >= 11 is 0. The van der Waals surface area contributed by atoms with E-state index in [-0.39, 0.29) is 18.6 Å². The van der Waals surface area contributed by atoms with E-state index in [2.05, 4.69) is 22.0 Å². The van der Waals surface area contributed by atoms with Crippen LogP contribution in [0.2, 0.25) is 0 Å². The molecule has 0 spiro atoms. The summed E-state index contributed by atoms with van der Waals surface area (Å²) in [5.74, 6) is 1.24. The number of hydrogen-bond acceptors (Lipinski definition) is 6. The molecule has 0 radical (unpaired) electrons. The maximum absolute atomic E-state index is 11.8. The molecule has 1 aliphatic heterocycles. The van der Waals surface area contributed by atoms with Crippen LogP contribution in [0.1, 0.15) is 18.9 Å². The average Bonchev–Trinajstić information content (AvgIpc) is 3.12. The van der Waals surface area contributed by atoms with E-state index in [9.17, 15) is 4.79 Å². The second kappa shape index (κ2) is 7.55. The molecule has 1 aromatic heterocycles. The Labute approximate surface area is 141 Å². The molecular formula is C17H22N4O3. The third-order valence-electron chi connectivity index (χ3n) is 4.31. The molecule has 0 N–H and O–H groups in total. The van der Waals surface area contributed by atoms with Crippen molar-refractivity contribution in [3.8, 4) is 11.4 Å². The third kappa shape index (κ3) is 3.63. The summed E-state index contributed by atoms with van der Waals surface area (Å²) in [6.07, 6.45) is 0. The van der Waals surface area contributed by atoms with Crippen LogP contribution in [0.15, 0.2) is 34.9 Å². The molecule has 1 unspecified atom stereocenters. The quantitative estimate of drug-likeness (QED) is 0.829. The van der Waals surface area contributed by atoms with Crippen LogP contribution in [0.3, 0.4) is 0 Å². The number of methoxy groups -OCH3 is 1. The van der Waals surface area contributed by atoms with E-state index in [0.717, 1.165) is 18.7 Å². The van der Waals surface area contributed by atoms with Gasteiger partial charge >= 0.3 is 0 Å². The number of aromatic nitrogens is 2. The number of benzene rings is 1. The Bertz CT molecular complexity index is 665. The molecule has 0 bridgehead atoms. The number of carbonyl (C=O) groups is 1. The number of piperazine rings is 1. The SMILES string of the molecule is COCC(=O)N1CCN(C(C)c2nc(-c3ccccc3)no2)CC1. The summed E-state index contributed by atoms with van der Waals surface area (Å²) in [4.78, 5) is 20.4. The van der Waals surface area contributed by atoms with Crippen molar-refractivity contribution >= 4 is 5.91 Å². The minimum absolute atomic E-state index is 0.0228. The standard InChI is InChI=1S/C17H22N4O3/c1-13(20-8-10-21(11-9-20)15(22)12-23-2)17-18-16(19-24-17)14-6-4-3-5-7-14/h3-7,13H,8-12H2,1-2H3. The Morgan fingerprint density at radius 1 is 1.25 bits per heavy atom. The van der Waals surface area contributed by atoms with Crippen LogP contribution < -0.4 is 0 Å². The smallest absolute Gasteiger partial charge is 0.248 e. The summed E-state index contributed by atoms with van der Waals surface area (Å²) in [5, 5.41) is 4.08. The lowest BCUT2D eigenvalue weighted by atomic mass is 10.2. The zero-order valence-electron chi connectivity index (χ0n) is 14.0. The fraction of sp³-hybridized carbons (Fsp3) is 0.471. The van der Waals surface area contributed by atoms with Crippen molar-refractivity contribution in [2.75, 3.05) is 39.9 Å². The summed E-state index contributed by atoms with van der Waals surface area (Å²) in [6, 6.07) is 9.79. The molecule has 1 amide bonds.